The Kier molecular flexibility index (Phi) is 3.59. The van der Waals surface area contributed by atoms with Crippen molar-refractivity contribution in [2.75, 3.05) is 5.33 Å². The van der Waals surface area contributed by atoms with Crippen molar-refractivity contribution in [1.29, 1.82) is 0 Å². The number of nitrogens with zero attached hydrogens (tertiary/aromatic N) is 2. The molecule has 2 rings (SSSR count). The lowest BCUT2D eigenvalue weighted by Gasteiger charge is -2.00. The minimum Gasteiger partial charge on any atom is -0.241 e. The third kappa shape index (κ3) is 2.69. The van der Waals surface area contributed by atoms with Gasteiger partial charge in [-0.1, -0.05) is 31.9 Å². The van der Waals surface area contributed by atoms with Gasteiger partial charge in [0.25, 0.3) is 0 Å². The van der Waals surface area contributed by atoms with Crippen LogP contribution >= 0.6 is 31.9 Å². The molecule has 78 valence electrons. The largest absolute Gasteiger partial charge is 0.241 e. The zero-order chi connectivity index (χ0) is 10.7. The van der Waals surface area contributed by atoms with Gasteiger partial charge in [0, 0.05) is 16.0 Å². The first-order chi connectivity index (χ1) is 7.29. The Morgan fingerprint density at radius 3 is 2.60 bits per heavy atom. The van der Waals surface area contributed by atoms with Crippen LogP contribution < -0.4 is 0 Å². The van der Waals surface area contributed by atoms with E-state index in [2.05, 4.69) is 43.2 Å². The fraction of sp³-hybridized carbons (Fsp3) is 0.182. The predicted molar refractivity (Wildman–Crippen MR) is 68.8 cm³/mol. The maximum atomic E-state index is 4.32. The highest BCUT2D eigenvalue weighted by Gasteiger charge is 1.99. The van der Waals surface area contributed by atoms with Gasteiger partial charge in [-0.25, -0.2) is 4.68 Å². The summed E-state index contributed by atoms with van der Waals surface area (Å²) in [4.78, 5) is 0. The second kappa shape index (κ2) is 4.94. The molecular formula is C11H10Br2N2. The molecule has 0 saturated heterocycles. The van der Waals surface area contributed by atoms with Crippen molar-refractivity contribution in [3.05, 3.63) is 46.7 Å². The number of hydrogen-bond acceptors (Lipinski definition) is 1. The lowest BCUT2D eigenvalue weighted by molar-refractivity contribution is 0.879. The second-order valence-corrected chi connectivity index (χ2v) is 4.92. The molecule has 0 radical (unpaired) electrons. The maximum Gasteiger partial charge on any atom is 0.0646 e. The average molecular weight is 330 g/mol. The second-order valence-electron chi connectivity index (χ2n) is 3.21. The Hall–Kier alpha value is -0.610. The van der Waals surface area contributed by atoms with Crippen molar-refractivity contribution in [2.24, 2.45) is 0 Å². The minimum absolute atomic E-state index is 0.971. The standard InChI is InChI=1S/C11H10Br2N2/c12-6-5-9-7-14-15(8-9)11-3-1-10(13)2-4-11/h1-4,7-8H,5-6H2. The average Bonchev–Trinajstić information content (AvgIpc) is 2.68. The Bertz CT molecular complexity index is 434. The maximum absolute atomic E-state index is 4.32. The van der Waals surface area contributed by atoms with E-state index in [1.165, 1.54) is 5.56 Å². The summed E-state index contributed by atoms with van der Waals surface area (Å²) in [6.45, 7) is 0. The number of rotatable bonds is 3. The number of alkyl halides is 1. The molecular weight excluding hydrogens is 320 g/mol. The first-order valence-electron chi connectivity index (χ1n) is 4.65. The van der Waals surface area contributed by atoms with Gasteiger partial charge in [-0.3, -0.25) is 0 Å². The van der Waals surface area contributed by atoms with Crippen LogP contribution in [0.15, 0.2) is 41.1 Å². The summed E-state index contributed by atoms with van der Waals surface area (Å²) in [6, 6.07) is 8.10. The molecule has 0 aliphatic carbocycles. The van der Waals surface area contributed by atoms with Crippen LogP contribution in [0.3, 0.4) is 0 Å². The minimum atomic E-state index is 0.971. The number of aromatic nitrogens is 2. The molecule has 15 heavy (non-hydrogen) atoms. The molecule has 2 aromatic rings. The van der Waals surface area contributed by atoms with Gasteiger partial charge in [0.1, 0.15) is 0 Å². The molecule has 0 atom stereocenters. The zero-order valence-corrected chi connectivity index (χ0v) is 11.2. The molecule has 0 fully saturated rings. The lowest BCUT2D eigenvalue weighted by Crippen LogP contribution is -1.93. The van der Waals surface area contributed by atoms with E-state index in [0.717, 1.165) is 21.9 Å². The van der Waals surface area contributed by atoms with Crippen molar-refractivity contribution in [2.45, 2.75) is 6.42 Å². The van der Waals surface area contributed by atoms with Gasteiger partial charge in [0.2, 0.25) is 0 Å². The van der Waals surface area contributed by atoms with Crippen LogP contribution in [0, 0.1) is 0 Å². The first kappa shape index (κ1) is 10.9. The monoisotopic (exact) mass is 328 g/mol. The van der Waals surface area contributed by atoms with Crippen LogP contribution in [-0.2, 0) is 6.42 Å². The van der Waals surface area contributed by atoms with E-state index in [0.29, 0.717) is 0 Å². The van der Waals surface area contributed by atoms with Crippen LogP contribution in [0.5, 0.6) is 0 Å². The van der Waals surface area contributed by atoms with Crippen molar-refractivity contribution in [3.8, 4) is 5.69 Å². The van der Waals surface area contributed by atoms with E-state index < -0.39 is 0 Å². The molecule has 1 heterocycles. The number of benzene rings is 1. The smallest absolute Gasteiger partial charge is 0.0646 e. The lowest BCUT2D eigenvalue weighted by atomic mass is 10.3. The molecule has 4 heteroatoms. The Morgan fingerprint density at radius 2 is 1.93 bits per heavy atom. The van der Waals surface area contributed by atoms with Crippen LogP contribution in [0.25, 0.3) is 5.69 Å². The molecule has 0 N–H and O–H groups in total. The highest BCUT2D eigenvalue weighted by Crippen LogP contribution is 2.14. The van der Waals surface area contributed by atoms with E-state index >= 15 is 0 Å². The third-order valence-corrected chi connectivity index (χ3v) is 3.04. The number of halogens is 2. The molecule has 0 bridgehead atoms. The topological polar surface area (TPSA) is 17.8 Å². The summed E-state index contributed by atoms with van der Waals surface area (Å²) in [5.74, 6) is 0. The van der Waals surface area contributed by atoms with Crippen LogP contribution in [-0.4, -0.2) is 15.1 Å². The fourth-order valence-corrected chi connectivity index (χ4v) is 2.06. The molecule has 2 nitrogen and oxygen atoms in total. The summed E-state index contributed by atoms with van der Waals surface area (Å²) in [5, 5.41) is 5.29. The Labute approximate surface area is 106 Å². The van der Waals surface area contributed by atoms with Crippen LogP contribution in [0.4, 0.5) is 0 Å². The summed E-state index contributed by atoms with van der Waals surface area (Å²) in [6.07, 6.45) is 4.98. The number of aryl methyl sites for hydroxylation is 1. The summed E-state index contributed by atoms with van der Waals surface area (Å²) in [7, 11) is 0. The SMILES string of the molecule is BrCCc1cnn(-c2ccc(Br)cc2)c1. The zero-order valence-electron chi connectivity index (χ0n) is 8.03. The molecule has 0 aliphatic heterocycles. The van der Waals surface area contributed by atoms with Gasteiger partial charge >= 0.3 is 0 Å². The van der Waals surface area contributed by atoms with E-state index in [4.69, 9.17) is 0 Å². The summed E-state index contributed by atoms with van der Waals surface area (Å²) < 4.78 is 2.98. The van der Waals surface area contributed by atoms with E-state index in [1.54, 1.807) is 0 Å². The van der Waals surface area contributed by atoms with Gasteiger partial charge in [-0.15, -0.1) is 0 Å². The van der Waals surface area contributed by atoms with Crippen molar-refractivity contribution in [3.63, 3.8) is 0 Å². The van der Waals surface area contributed by atoms with E-state index in [1.807, 2.05) is 35.1 Å². The highest BCUT2D eigenvalue weighted by molar-refractivity contribution is 9.10. The molecule has 0 saturated carbocycles. The van der Waals surface area contributed by atoms with Crippen molar-refractivity contribution >= 4 is 31.9 Å². The van der Waals surface area contributed by atoms with Crippen molar-refractivity contribution in [1.82, 2.24) is 9.78 Å². The van der Waals surface area contributed by atoms with Gasteiger partial charge in [-0.2, -0.15) is 5.10 Å². The van der Waals surface area contributed by atoms with Crippen LogP contribution in [0.1, 0.15) is 5.56 Å². The predicted octanol–water partition coefficient (Wildman–Crippen LogP) is 3.57. The van der Waals surface area contributed by atoms with Gasteiger partial charge < -0.3 is 0 Å². The normalized spacial score (nSPS) is 10.5. The van der Waals surface area contributed by atoms with Gasteiger partial charge in [0.05, 0.1) is 11.9 Å². The van der Waals surface area contributed by atoms with Gasteiger partial charge in [-0.05, 0) is 36.2 Å². The number of hydrogen-bond donors (Lipinski definition) is 0. The highest BCUT2D eigenvalue weighted by atomic mass is 79.9. The molecule has 0 amide bonds. The summed E-state index contributed by atoms with van der Waals surface area (Å²) in [5.41, 5.74) is 2.33. The molecule has 0 aliphatic rings. The molecule has 0 spiro atoms. The fourth-order valence-electron chi connectivity index (χ4n) is 1.33. The molecule has 1 aromatic carbocycles. The molecule has 1 aromatic heterocycles. The molecule has 0 unspecified atom stereocenters. The quantitative estimate of drug-likeness (QED) is 0.787. The Morgan fingerprint density at radius 1 is 1.20 bits per heavy atom. The Balaban J connectivity index is 2.25. The van der Waals surface area contributed by atoms with E-state index in [9.17, 15) is 0 Å². The first-order valence-corrected chi connectivity index (χ1v) is 6.56. The van der Waals surface area contributed by atoms with E-state index in [-0.39, 0.29) is 0 Å². The van der Waals surface area contributed by atoms with Crippen molar-refractivity contribution < 1.29 is 0 Å². The van der Waals surface area contributed by atoms with Gasteiger partial charge in [0.15, 0.2) is 0 Å². The summed E-state index contributed by atoms with van der Waals surface area (Å²) >= 11 is 6.83. The van der Waals surface area contributed by atoms with Crippen LogP contribution in [0.2, 0.25) is 0 Å². The third-order valence-electron chi connectivity index (χ3n) is 2.11.